The van der Waals surface area contributed by atoms with Crippen LogP contribution in [0, 0.1) is 11.3 Å². The first kappa shape index (κ1) is 15.9. The Morgan fingerprint density at radius 1 is 0.864 bits per heavy atom. The van der Waals surface area contributed by atoms with Crippen molar-refractivity contribution in [2.45, 2.75) is 19.3 Å². The van der Waals surface area contributed by atoms with Gasteiger partial charge in [-0.1, -0.05) is 36.4 Å². The molecule has 3 heteroatoms. The molecule has 2 aromatic rings. The molecule has 0 heterocycles. The van der Waals surface area contributed by atoms with Crippen molar-refractivity contribution < 1.29 is 0 Å². The minimum absolute atomic E-state index is 0.567. The van der Waals surface area contributed by atoms with E-state index in [1.807, 2.05) is 36.4 Å². The van der Waals surface area contributed by atoms with E-state index in [0.29, 0.717) is 6.42 Å². The van der Waals surface area contributed by atoms with E-state index in [9.17, 15) is 0 Å². The number of anilines is 2. The SMILES string of the molecule is N#CCCN(CCCCNc1ccccc1)c1ccccc1. The van der Waals surface area contributed by atoms with E-state index in [1.165, 1.54) is 11.4 Å². The maximum Gasteiger partial charge on any atom is 0.0640 e. The molecule has 2 aromatic carbocycles. The highest BCUT2D eigenvalue weighted by molar-refractivity contribution is 5.46. The summed E-state index contributed by atoms with van der Waals surface area (Å²) in [5, 5.41) is 12.2. The average Bonchev–Trinajstić information content (AvgIpc) is 2.59. The number of nitriles is 1. The smallest absolute Gasteiger partial charge is 0.0640 e. The highest BCUT2D eigenvalue weighted by Gasteiger charge is 2.05. The van der Waals surface area contributed by atoms with E-state index >= 15 is 0 Å². The standard InChI is InChI=1S/C19H23N3/c20-14-9-17-22(19-12-5-2-6-13-19)16-8-7-15-21-18-10-3-1-4-11-18/h1-6,10-13,21H,7-9,15-17H2. The number of benzene rings is 2. The van der Waals surface area contributed by atoms with Crippen molar-refractivity contribution in [2.24, 2.45) is 0 Å². The molecule has 1 N–H and O–H groups in total. The van der Waals surface area contributed by atoms with Gasteiger partial charge in [-0.3, -0.25) is 0 Å². The highest BCUT2D eigenvalue weighted by atomic mass is 15.1. The quantitative estimate of drug-likeness (QED) is 0.701. The first-order valence-electron chi connectivity index (χ1n) is 7.86. The summed E-state index contributed by atoms with van der Waals surface area (Å²) >= 11 is 0. The van der Waals surface area contributed by atoms with Crippen LogP contribution in [0.3, 0.4) is 0 Å². The molecule has 0 aromatic heterocycles. The van der Waals surface area contributed by atoms with Crippen LogP contribution in [0.25, 0.3) is 0 Å². The zero-order valence-corrected chi connectivity index (χ0v) is 12.9. The van der Waals surface area contributed by atoms with Gasteiger partial charge in [-0.15, -0.1) is 0 Å². The van der Waals surface area contributed by atoms with Gasteiger partial charge in [-0.05, 0) is 37.1 Å². The lowest BCUT2D eigenvalue weighted by Crippen LogP contribution is -2.25. The average molecular weight is 293 g/mol. The van der Waals surface area contributed by atoms with Crippen molar-refractivity contribution in [3.8, 4) is 6.07 Å². The molecular formula is C19H23N3. The largest absolute Gasteiger partial charge is 0.385 e. The lowest BCUT2D eigenvalue weighted by Gasteiger charge is -2.23. The minimum atomic E-state index is 0.567. The number of rotatable bonds is 9. The summed E-state index contributed by atoms with van der Waals surface area (Å²) in [6.07, 6.45) is 2.79. The third-order valence-electron chi connectivity index (χ3n) is 3.57. The third-order valence-corrected chi connectivity index (χ3v) is 3.57. The molecule has 0 aliphatic carbocycles. The summed E-state index contributed by atoms with van der Waals surface area (Å²) in [5.41, 5.74) is 2.38. The summed E-state index contributed by atoms with van der Waals surface area (Å²) in [4.78, 5) is 2.30. The predicted octanol–water partition coefficient (Wildman–Crippen LogP) is 4.30. The van der Waals surface area contributed by atoms with Gasteiger partial charge in [0.2, 0.25) is 0 Å². The van der Waals surface area contributed by atoms with Crippen LogP contribution in [-0.2, 0) is 0 Å². The minimum Gasteiger partial charge on any atom is -0.385 e. The Bertz CT molecular complexity index is 560. The predicted molar refractivity (Wildman–Crippen MR) is 93.1 cm³/mol. The fourth-order valence-corrected chi connectivity index (χ4v) is 2.41. The molecular weight excluding hydrogens is 270 g/mol. The van der Waals surface area contributed by atoms with Gasteiger partial charge in [0.05, 0.1) is 12.5 Å². The van der Waals surface area contributed by atoms with Crippen LogP contribution in [0.2, 0.25) is 0 Å². The Labute approximate surface area is 133 Å². The van der Waals surface area contributed by atoms with E-state index in [4.69, 9.17) is 5.26 Å². The Morgan fingerprint density at radius 2 is 1.55 bits per heavy atom. The van der Waals surface area contributed by atoms with Crippen molar-refractivity contribution in [2.75, 3.05) is 29.9 Å². The first-order valence-corrected chi connectivity index (χ1v) is 7.86. The van der Waals surface area contributed by atoms with Gasteiger partial charge < -0.3 is 10.2 Å². The van der Waals surface area contributed by atoms with Crippen LogP contribution in [0.1, 0.15) is 19.3 Å². The van der Waals surface area contributed by atoms with E-state index in [0.717, 1.165) is 32.5 Å². The van der Waals surface area contributed by atoms with Gasteiger partial charge in [0.15, 0.2) is 0 Å². The second-order valence-electron chi connectivity index (χ2n) is 5.23. The summed E-state index contributed by atoms with van der Waals surface area (Å²) in [6, 6.07) is 22.9. The maximum absolute atomic E-state index is 8.81. The van der Waals surface area contributed by atoms with Crippen LogP contribution in [0.5, 0.6) is 0 Å². The fourth-order valence-electron chi connectivity index (χ4n) is 2.41. The molecule has 0 radical (unpaired) electrons. The maximum atomic E-state index is 8.81. The molecule has 22 heavy (non-hydrogen) atoms. The topological polar surface area (TPSA) is 39.1 Å². The number of hydrogen-bond donors (Lipinski definition) is 1. The lowest BCUT2D eigenvalue weighted by atomic mass is 10.2. The molecule has 0 aliphatic heterocycles. The van der Waals surface area contributed by atoms with Crippen LogP contribution in [0.15, 0.2) is 60.7 Å². The van der Waals surface area contributed by atoms with Crippen molar-refractivity contribution in [1.82, 2.24) is 0 Å². The van der Waals surface area contributed by atoms with E-state index in [2.05, 4.69) is 40.6 Å². The molecule has 0 unspecified atom stereocenters. The summed E-state index contributed by atoms with van der Waals surface area (Å²) in [7, 11) is 0. The van der Waals surface area contributed by atoms with Gasteiger partial charge in [-0.2, -0.15) is 5.26 Å². The molecule has 0 fully saturated rings. The number of para-hydroxylation sites is 2. The summed E-state index contributed by atoms with van der Waals surface area (Å²) in [5.74, 6) is 0. The summed E-state index contributed by atoms with van der Waals surface area (Å²) < 4.78 is 0. The summed E-state index contributed by atoms with van der Waals surface area (Å²) in [6.45, 7) is 2.76. The molecule has 0 bridgehead atoms. The van der Waals surface area contributed by atoms with E-state index in [1.54, 1.807) is 0 Å². The van der Waals surface area contributed by atoms with Gasteiger partial charge >= 0.3 is 0 Å². The number of nitrogens with zero attached hydrogens (tertiary/aromatic N) is 2. The van der Waals surface area contributed by atoms with Crippen molar-refractivity contribution in [1.29, 1.82) is 5.26 Å². The Hall–Kier alpha value is -2.47. The van der Waals surface area contributed by atoms with Crippen LogP contribution < -0.4 is 10.2 Å². The monoisotopic (exact) mass is 293 g/mol. The van der Waals surface area contributed by atoms with E-state index in [-0.39, 0.29) is 0 Å². The first-order chi connectivity index (χ1) is 10.9. The molecule has 0 aliphatic rings. The normalized spacial score (nSPS) is 9.95. The number of unbranched alkanes of at least 4 members (excludes halogenated alkanes) is 1. The molecule has 3 nitrogen and oxygen atoms in total. The molecule has 2 rings (SSSR count). The second kappa shape index (κ2) is 9.46. The zero-order chi connectivity index (χ0) is 15.5. The van der Waals surface area contributed by atoms with Crippen LogP contribution in [-0.4, -0.2) is 19.6 Å². The fraction of sp³-hybridized carbons (Fsp3) is 0.316. The second-order valence-corrected chi connectivity index (χ2v) is 5.23. The molecule has 0 saturated heterocycles. The Morgan fingerprint density at radius 3 is 2.23 bits per heavy atom. The lowest BCUT2D eigenvalue weighted by molar-refractivity contribution is 0.703. The van der Waals surface area contributed by atoms with Gasteiger partial charge in [0.25, 0.3) is 0 Å². The zero-order valence-electron chi connectivity index (χ0n) is 12.9. The molecule has 0 atom stereocenters. The van der Waals surface area contributed by atoms with E-state index < -0.39 is 0 Å². The van der Waals surface area contributed by atoms with Gasteiger partial charge in [0.1, 0.15) is 0 Å². The molecule has 0 spiro atoms. The van der Waals surface area contributed by atoms with Crippen LogP contribution in [0.4, 0.5) is 11.4 Å². The molecule has 114 valence electrons. The van der Waals surface area contributed by atoms with Crippen molar-refractivity contribution >= 4 is 11.4 Å². The van der Waals surface area contributed by atoms with Gasteiger partial charge in [0, 0.05) is 31.0 Å². The Balaban J connectivity index is 1.73. The number of hydrogen-bond acceptors (Lipinski definition) is 3. The van der Waals surface area contributed by atoms with Crippen LogP contribution >= 0.6 is 0 Å². The van der Waals surface area contributed by atoms with Crippen molar-refractivity contribution in [3.63, 3.8) is 0 Å². The molecule has 0 amide bonds. The third kappa shape index (κ3) is 5.49. The Kier molecular flexibility index (Phi) is 6.84. The molecule has 0 saturated carbocycles. The van der Waals surface area contributed by atoms with Gasteiger partial charge in [-0.25, -0.2) is 0 Å². The number of nitrogens with one attached hydrogen (secondary N) is 1. The van der Waals surface area contributed by atoms with Crippen molar-refractivity contribution in [3.05, 3.63) is 60.7 Å². The highest BCUT2D eigenvalue weighted by Crippen LogP contribution is 2.14.